The van der Waals surface area contributed by atoms with Crippen molar-refractivity contribution in [2.24, 2.45) is 0 Å². The molecule has 8 nitrogen and oxygen atoms in total. The third-order valence-electron chi connectivity index (χ3n) is 4.07. The molecule has 1 aliphatic heterocycles. The standard InChI is InChI=1S/C20H15N5O3/c21-8-13-1-4-16(5-2-13)25-19(26)15-10-23-20(24-11-15)22-9-14-3-6-17-18(7-14)28-12-27-17/h1-7,10-11H,9,12H2,(H,25,26)(H,22,23,24). The van der Waals surface area contributed by atoms with E-state index in [9.17, 15) is 4.79 Å². The first-order valence-electron chi connectivity index (χ1n) is 8.47. The van der Waals surface area contributed by atoms with Crippen LogP contribution in [0.1, 0.15) is 21.5 Å². The fraction of sp³-hybridized carbons (Fsp3) is 0.100. The van der Waals surface area contributed by atoms with Gasteiger partial charge in [0.1, 0.15) is 0 Å². The number of aromatic nitrogens is 2. The number of carbonyl (C=O) groups excluding carboxylic acids is 1. The van der Waals surface area contributed by atoms with Crippen LogP contribution >= 0.6 is 0 Å². The lowest BCUT2D eigenvalue weighted by molar-refractivity contribution is 0.102. The minimum atomic E-state index is -0.327. The Morgan fingerprint density at radius 3 is 2.57 bits per heavy atom. The molecule has 1 aromatic heterocycles. The van der Waals surface area contributed by atoms with Crippen LogP contribution in [-0.2, 0) is 6.54 Å². The second-order valence-corrected chi connectivity index (χ2v) is 5.98. The quantitative estimate of drug-likeness (QED) is 0.707. The third-order valence-corrected chi connectivity index (χ3v) is 4.07. The van der Waals surface area contributed by atoms with Gasteiger partial charge in [0.2, 0.25) is 12.7 Å². The lowest BCUT2D eigenvalue weighted by Gasteiger charge is -2.07. The monoisotopic (exact) mass is 373 g/mol. The van der Waals surface area contributed by atoms with Crippen LogP contribution in [0, 0.1) is 11.3 Å². The van der Waals surface area contributed by atoms with Crippen LogP contribution in [0.3, 0.4) is 0 Å². The maximum Gasteiger partial charge on any atom is 0.258 e. The van der Waals surface area contributed by atoms with Gasteiger partial charge in [-0.1, -0.05) is 6.07 Å². The van der Waals surface area contributed by atoms with Gasteiger partial charge in [-0.3, -0.25) is 4.79 Å². The smallest absolute Gasteiger partial charge is 0.258 e. The number of carbonyl (C=O) groups is 1. The summed E-state index contributed by atoms with van der Waals surface area (Å²) in [6.45, 7) is 0.745. The van der Waals surface area contributed by atoms with E-state index in [0.717, 1.165) is 17.1 Å². The van der Waals surface area contributed by atoms with Gasteiger partial charge >= 0.3 is 0 Å². The molecule has 0 unspecified atom stereocenters. The van der Waals surface area contributed by atoms with Crippen LogP contribution in [0.15, 0.2) is 54.9 Å². The van der Waals surface area contributed by atoms with Crippen LogP contribution in [0.25, 0.3) is 0 Å². The van der Waals surface area contributed by atoms with E-state index < -0.39 is 0 Å². The number of rotatable bonds is 5. The summed E-state index contributed by atoms with van der Waals surface area (Å²) in [5, 5.41) is 14.6. The molecule has 0 saturated heterocycles. The predicted molar refractivity (Wildman–Crippen MR) is 101 cm³/mol. The van der Waals surface area contributed by atoms with Crippen LogP contribution in [-0.4, -0.2) is 22.7 Å². The molecule has 0 bridgehead atoms. The van der Waals surface area contributed by atoms with Gasteiger partial charge in [0.05, 0.1) is 17.2 Å². The van der Waals surface area contributed by atoms with Crippen LogP contribution in [0.4, 0.5) is 11.6 Å². The maximum absolute atomic E-state index is 12.3. The molecule has 0 radical (unpaired) electrons. The Balaban J connectivity index is 1.35. The molecule has 2 N–H and O–H groups in total. The van der Waals surface area contributed by atoms with Crippen molar-refractivity contribution in [3.63, 3.8) is 0 Å². The molecule has 0 aliphatic carbocycles. The van der Waals surface area contributed by atoms with Gasteiger partial charge in [0.15, 0.2) is 11.5 Å². The second kappa shape index (κ2) is 7.63. The zero-order chi connectivity index (χ0) is 19.3. The van der Waals surface area contributed by atoms with Gasteiger partial charge in [-0.05, 0) is 42.0 Å². The highest BCUT2D eigenvalue weighted by Crippen LogP contribution is 2.32. The van der Waals surface area contributed by atoms with E-state index in [1.165, 1.54) is 12.4 Å². The number of amides is 1. The van der Waals surface area contributed by atoms with E-state index in [2.05, 4.69) is 20.6 Å². The highest BCUT2D eigenvalue weighted by atomic mass is 16.7. The van der Waals surface area contributed by atoms with E-state index in [1.807, 2.05) is 24.3 Å². The fourth-order valence-electron chi connectivity index (χ4n) is 2.60. The van der Waals surface area contributed by atoms with E-state index in [-0.39, 0.29) is 12.7 Å². The Morgan fingerprint density at radius 1 is 1.07 bits per heavy atom. The van der Waals surface area contributed by atoms with Gasteiger partial charge in [-0.15, -0.1) is 0 Å². The van der Waals surface area contributed by atoms with Crippen molar-refractivity contribution in [2.45, 2.75) is 6.54 Å². The Hall–Kier alpha value is -4.12. The Bertz CT molecular complexity index is 1040. The zero-order valence-electron chi connectivity index (χ0n) is 14.7. The van der Waals surface area contributed by atoms with E-state index >= 15 is 0 Å². The first kappa shape index (κ1) is 17.3. The number of nitriles is 1. The van der Waals surface area contributed by atoms with Crippen LogP contribution < -0.4 is 20.1 Å². The summed E-state index contributed by atoms with van der Waals surface area (Å²) in [5.74, 6) is 1.53. The van der Waals surface area contributed by atoms with Crippen molar-refractivity contribution in [1.29, 1.82) is 5.26 Å². The van der Waals surface area contributed by atoms with Crippen molar-refractivity contribution in [1.82, 2.24) is 9.97 Å². The molecule has 2 heterocycles. The number of hydrogen-bond donors (Lipinski definition) is 2. The zero-order valence-corrected chi connectivity index (χ0v) is 14.7. The molecule has 28 heavy (non-hydrogen) atoms. The molecule has 0 spiro atoms. The van der Waals surface area contributed by atoms with Gasteiger partial charge in [0.25, 0.3) is 5.91 Å². The Morgan fingerprint density at radius 2 is 1.82 bits per heavy atom. The molecule has 0 atom stereocenters. The molecule has 4 rings (SSSR count). The number of fused-ring (bicyclic) bond motifs is 1. The minimum Gasteiger partial charge on any atom is -0.454 e. The third kappa shape index (κ3) is 3.83. The molecule has 8 heteroatoms. The summed E-state index contributed by atoms with van der Waals surface area (Å²) in [7, 11) is 0. The van der Waals surface area contributed by atoms with Crippen molar-refractivity contribution in [2.75, 3.05) is 17.4 Å². The second-order valence-electron chi connectivity index (χ2n) is 5.98. The number of ether oxygens (including phenoxy) is 2. The summed E-state index contributed by atoms with van der Waals surface area (Å²) in [4.78, 5) is 20.6. The largest absolute Gasteiger partial charge is 0.454 e. The lowest BCUT2D eigenvalue weighted by atomic mass is 10.2. The Labute approximate surface area is 160 Å². The molecular formula is C20H15N5O3. The van der Waals surface area contributed by atoms with Crippen molar-refractivity contribution in [3.8, 4) is 17.6 Å². The highest BCUT2D eigenvalue weighted by Gasteiger charge is 2.13. The minimum absolute atomic E-state index is 0.237. The molecule has 2 aromatic carbocycles. The number of hydrogen-bond acceptors (Lipinski definition) is 7. The van der Waals surface area contributed by atoms with E-state index in [0.29, 0.717) is 29.3 Å². The molecule has 0 fully saturated rings. The summed E-state index contributed by atoms with van der Waals surface area (Å²) in [6, 6.07) is 14.3. The summed E-state index contributed by atoms with van der Waals surface area (Å²) in [6.07, 6.45) is 2.90. The normalized spacial score (nSPS) is 11.5. The maximum atomic E-state index is 12.3. The topological polar surface area (TPSA) is 109 Å². The summed E-state index contributed by atoms with van der Waals surface area (Å²) in [5.41, 5.74) is 2.45. The molecular weight excluding hydrogens is 358 g/mol. The fourth-order valence-corrected chi connectivity index (χ4v) is 2.60. The lowest BCUT2D eigenvalue weighted by Crippen LogP contribution is -2.13. The van der Waals surface area contributed by atoms with Crippen LogP contribution in [0.2, 0.25) is 0 Å². The molecule has 0 saturated carbocycles. The van der Waals surface area contributed by atoms with Crippen LogP contribution in [0.5, 0.6) is 11.5 Å². The summed E-state index contributed by atoms with van der Waals surface area (Å²) >= 11 is 0. The van der Waals surface area contributed by atoms with Crippen molar-refractivity contribution < 1.29 is 14.3 Å². The molecule has 138 valence electrons. The first-order chi connectivity index (χ1) is 13.7. The van der Waals surface area contributed by atoms with Gasteiger partial charge in [0, 0.05) is 24.6 Å². The average Bonchev–Trinajstić information content (AvgIpc) is 3.21. The predicted octanol–water partition coefficient (Wildman–Crippen LogP) is 2.94. The molecule has 1 amide bonds. The van der Waals surface area contributed by atoms with Gasteiger partial charge < -0.3 is 20.1 Å². The first-order valence-corrected chi connectivity index (χ1v) is 8.47. The van der Waals surface area contributed by atoms with Crippen molar-refractivity contribution >= 4 is 17.5 Å². The van der Waals surface area contributed by atoms with E-state index in [4.69, 9.17) is 14.7 Å². The highest BCUT2D eigenvalue weighted by molar-refractivity contribution is 6.03. The number of benzene rings is 2. The average molecular weight is 373 g/mol. The number of nitrogens with one attached hydrogen (secondary N) is 2. The number of nitrogens with zero attached hydrogens (tertiary/aromatic N) is 3. The van der Waals surface area contributed by atoms with Gasteiger partial charge in [-0.25, -0.2) is 9.97 Å². The summed E-state index contributed by atoms with van der Waals surface area (Å²) < 4.78 is 10.6. The van der Waals surface area contributed by atoms with E-state index in [1.54, 1.807) is 24.3 Å². The molecule has 1 aliphatic rings. The van der Waals surface area contributed by atoms with Gasteiger partial charge in [-0.2, -0.15) is 5.26 Å². The van der Waals surface area contributed by atoms with Crippen molar-refractivity contribution in [3.05, 3.63) is 71.5 Å². The SMILES string of the molecule is N#Cc1ccc(NC(=O)c2cnc(NCc3ccc4c(c3)OCO4)nc2)cc1. The Kier molecular flexibility index (Phi) is 4.72. The number of anilines is 2. The molecule has 3 aromatic rings.